The van der Waals surface area contributed by atoms with E-state index in [1.54, 1.807) is 24.3 Å². The molecule has 7 heteroatoms. The number of likely N-dealkylation sites (N-methyl/N-ethyl adjacent to an activating group) is 1. The van der Waals surface area contributed by atoms with Crippen LogP contribution in [0.1, 0.15) is 5.56 Å². The fraction of sp³-hybridized carbons (Fsp3) is 0.125. The largest absolute Gasteiger partial charge is 0.457 e. The molecular formula is C16H14Cl2N2O3. The van der Waals surface area contributed by atoms with Gasteiger partial charge in [0.05, 0.1) is 15.6 Å². The molecule has 2 rings (SSSR count). The Morgan fingerprint density at radius 2 is 1.83 bits per heavy atom. The van der Waals surface area contributed by atoms with E-state index in [1.807, 2.05) is 18.2 Å². The molecule has 0 unspecified atom stereocenters. The zero-order valence-electron chi connectivity index (χ0n) is 12.5. The number of amides is 1. The topological polar surface area (TPSA) is 59.9 Å². The molecule has 120 valence electrons. The number of nitrogens with one attached hydrogen (secondary N) is 1. The molecule has 0 atom stereocenters. The summed E-state index contributed by atoms with van der Waals surface area (Å²) in [4.78, 5) is 16.8. The molecule has 0 bridgehead atoms. The van der Waals surface area contributed by atoms with E-state index in [2.05, 4.69) is 10.5 Å². The second-order valence-electron chi connectivity index (χ2n) is 4.35. The summed E-state index contributed by atoms with van der Waals surface area (Å²) in [6.07, 6.45) is 0. The number of carbonyl (C=O) groups excluding carboxylic acids is 1. The summed E-state index contributed by atoms with van der Waals surface area (Å²) in [7, 11) is 2.81. The summed E-state index contributed by atoms with van der Waals surface area (Å²) in [5.74, 6) is 0.444. The van der Waals surface area contributed by atoms with Crippen molar-refractivity contribution in [3.63, 3.8) is 0 Å². The van der Waals surface area contributed by atoms with Crippen LogP contribution in [0.4, 0.5) is 0 Å². The average molecular weight is 353 g/mol. The highest BCUT2D eigenvalue weighted by atomic mass is 35.5. The minimum absolute atomic E-state index is 0.0339. The number of para-hydroxylation sites is 1. The van der Waals surface area contributed by atoms with E-state index in [0.717, 1.165) is 0 Å². The zero-order valence-corrected chi connectivity index (χ0v) is 14.0. The smallest absolute Gasteiger partial charge is 0.273 e. The van der Waals surface area contributed by atoms with Crippen LogP contribution in [0.3, 0.4) is 0 Å². The van der Waals surface area contributed by atoms with Crippen molar-refractivity contribution in [3.8, 4) is 11.5 Å². The van der Waals surface area contributed by atoms with E-state index in [-0.39, 0.29) is 21.3 Å². The summed E-state index contributed by atoms with van der Waals surface area (Å²) in [5, 5.41) is 6.66. The Bertz CT molecular complexity index is 734. The van der Waals surface area contributed by atoms with Gasteiger partial charge >= 0.3 is 0 Å². The summed E-state index contributed by atoms with van der Waals surface area (Å²) >= 11 is 12.3. The minimum atomic E-state index is -0.478. The molecule has 0 spiro atoms. The van der Waals surface area contributed by atoms with Crippen molar-refractivity contribution in [1.29, 1.82) is 0 Å². The van der Waals surface area contributed by atoms with Crippen molar-refractivity contribution in [3.05, 3.63) is 58.1 Å². The lowest BCUT2D eigenvalue weighted by atomic mass is 10.1. The minimum Gasteiger partial charge on any atom is -0.457 e. The van der Waals surface area contributed by atoms with Crippen molar-refractivity contribution in [2.75, 3.05) is 14.2 Å². The number of carbonyl (C=O) groups is 1. The number of hydrogen-bond acceptors (Lipinski definition) is 4. The summed E-state index contributed by atoms with van der Waals surface area (Å²) in [6, 6.07) is 12.3. The molecule has 1 amide bonds. The molecular weight excluding hydrogens is 339 g/mol. The van der Waals surface area contributed by atoms with Gasteiger partial charge in [-0.25, -0.2) is 0 Å². The number of nitrogens with zero attached hydrogens (tertiary/aromatic N) is 1. The molecule has 23 heavy (non-hydrogen) atoms. The van der Waals surface area contributed by atoms with Gasteiger partial charge in [-0.2, -0.15) is 0 Å². The van der Waals surface area contributed by atoms with Crippen LogP contribution >= 0.6 is 23.2 Å². The van der Waals surface area contributed by atoms with Crippen LogP contribution < -0.4 is 10.1 Å². The maximum Gasteiger partial charge on any atom is 0.273 e. The normalized spacial score (nSPS) is 11.0. The SMILES string of the molecule is CNC(=O)C(=NOC)c1c(Oc2ccccc2)ccc(Cl)c1Cl. The van der Waals surface area contributed by atoms with Gasteiger partial charge in [0.1, 0.15) is 18.6 Å². The molecule has 2 aromatic carbocycles. The lowest BCUT2D eigenvalue weighted by Crippen LogP contribution is -2.29. The number of ether oxygens (including phenoxy) is 1. The summed E-state index contributed by atoms with van der Waals surface area (Å²) < 4.78 is 5.81. The predicted octanol–water partition coefficient (Wildman–Crippen LogP) is 3.88. The first-order chi connectivity index (χ1) is 11.1. The van der Waals surface area contributed by atoms with Crippen LogP contribution in [0.15, 0.2) is 47.6 Å². The van der Waals surface area contributed by atoms with Gasteiger partial charge in [0, 0.05) is 7.05 Å². The fourth-order valence-corrected chi connectivity index (χ4v) is 2.27. The van der Waals surface area contributed by atoms with Gasteiger partial charge in [-0.15, -0.1) is 0 Å². The molecule has 0 saturated carbocycles. The fourth-order valence-electron chi connectivity index (χ4n) is 1.86. The number of rotatable bonds is 5. The molecule has 0 aliphatic heterocycles. The molecule has 1 N–H and O–H groups in total. The van der Waals surface area contributed by atoms with E-state index < -0.39 is 5.91 Å². The van der Waals surface area contributed by atoms with Gasteiger partial charge in [0.15, 0.2) is 5.71 Å². The molecule has 2 aromatic rings. The van der Waals surface area contributed by atoms with Crippen LogP contribution in [-0.2, 0) is 9.63 Å². The summed E-state index contributed by atoms with van der Waals surface area (Å²) in [6.45, 7) is 0. The van der Waals surface area contributed by atoms with E-state index in [1.165, 1.54) is 14.2 Å². The van der Waals surface area contributed by atoms with Gasteiger partial charge in [0.25, 0.3) is 5.91 Å². The van der Waals surface area contributed by atoms with Gasteiger partial charge in [0.2, 0.25) is 0 Å². The molecule has 0 heterocycles. The van der Waals surface area contributed by atoms with E-state index in [0.29, 0.717) is 11.5 Å². The predicted molar refractivity (Wildman–Crippen MR) is 90.6 cm³/mol. The maximum absolute atomic E-state index is 12.1. The van der Waals surface area contributed by atoms with Crippen LogP contribution in [0.5, 0.6) is 11.5 Å². The first kappa shape index (κ1) is 17.1. The number of hydrogen-bond donors (Lipinski definition) is 1. The van der Waals surface area contributed by atoms with Crippen molar-refractivity contribution in [2.24, 2.45) is 5.16 Å². The first-order valence-corrected chi connectivity index (χ1v) is 7.38. The van der Waals surface area contributed by atoms with E-state index in [4.69, 9.17) is 32.8 Å². The molecule has 0 aromatic heterocycles. The second-order valence-corrected chi connectivity index (χ2v) is 5.14. The molecule has 0 radical (unpaired) electrons. The highest BCUT2D eigenvalue weighted by molar-refractivity contribution is 6.52. The molecule has 0 aliphatic carbocycles. The van der Waals surface area contributed by atoms with Crippen LogP contribution in [-0.4, -0.2) is 25.8 Å². The Balaban J connectivity index is 2.58. The number of halogens is 2. The van der Waals surface area contributed by atoms with Crippen LogP contribution in [0, 0.1) is 0 Å². The average Bonchev–Trinajstić information content (AvgIpc) is 2.57. The first-order valence-electron chi connectivity index (χ1n) is 6.63. The molecule has 0 fully saturated rings. The quantitative estimate of drug-likeness (QED) is 0.656. The Morgan fingerprint density at radius 1 is 1.13 bits per heavy atom. The Morgan fingerprint density at radius 3 is 2.43 bits per heavy atom. The third kappa shape index (κ3) is 3.94. The van der Waals surface area contributed by atoms with E-state index in [9.17, 15) is 4.79 Å². The lowest BCUT2D eigenvalue weighted by molar-refractivity contribution is -0.114. The maximum atomic E-state index is 12.1. The standard InChI is InChI=1S/C16H14Cl2N2O3/c1-19-16(21)15(20-22-2)13-12(9-8-11(17)14(13)18)23-10-6-4-3-5-7-10/h3-9H,1-2H3,(H,19,21). The van der Waals surface area contributed by atoms with Gasteiger partial charge < -0.3 is 14.9 Å². The Labute approximate surface area is 143 Å². The third-order valence-corrected chi connectivity index (χ3v) is 3.69. The van der Waals surface area contributed by atoms with Crippen molar-refractivity contribution >= 4 is 34.8 Å². The van der Waals surface area contributed by atoms with Gasteiger partial charge in [-0.05, 0) is 24.3 Å². The highest BCUT2D eigenvalue weighted by Crippen LogP contribution is 2.36. The zero-order chi connectivity index (χ0) is 16.8. The van der Waals surface area contributed by atoms with Crippen LogP contribution in [0.2, 0.25) is 10.0 Å². The molecule has 5 nitrogen and oxygen atoms in total. The Kier molecular flexibility index (Phi) is 5.84. The van der Waals surface area contributed by atoms with Gasteiger partial charge in [-0.3, -0.25) is 4.79 Å². The Hall–Kier alpha value is -2.24. The highest BCUT2D eigenvalue weighted by Gasteiger charge is 2.24. The van der Waals surface area contributed by atoms with E-state index >= 15 is 0 Å². The second kappa shape index (κ2) is 7.85. The molecule has 0 aliphatic rings. The number of oxime groups is 1. The summed E-state index contributed by atoms with van der Waals surface area (Å²) in [5.41, 5.74) is 0.220. The molecule has 0 saturated heterocycles. The van der Waals surface area contributed by atoms with Crippen molar-refractivity contribution in [2.45, 2.75) is 0 Å². The van der Waals surface area contributed by atoms with Crippen molar-refractivity contribution < 1.29 is 14.4 Å². The number of benzene rings is 2. The third-order valence-electron chi connectivity index (χ3n) is 2.89. The monoisotopic (exact) mass is 352 g/mol. The van der Waals surface area contributed by atoms with Gasteiger partial charge in [-0.1, -0.05) is 46.6 Å². The van der Waals surface area contributed by atoms with Crippen LogP contribution in [0.25, 0.3) is 0 Å². The van der Waals surface area contributed by atoms with Crippen molar-refractivity contribution in [1.82, 2.24) is 5.32 Å². The lowest BCUT2D eigenvalue weighted by Gasteiger charge is -2.14.